The second-order valence-electron chi connectivity index (χ2n) is 5.29. The van der Waals surface area contributed by atoms with Gasteiger partial charge < -0.3 is 9.57 Å². The van der Waals surface area contributed by atoms with Crippen LogP contribution in [0.2, 0.25) is 0 Å². The number of fused-ring (bicyclic) bond motifs is 3. The molecule has 0 saturated carbocycles. The Balaban J connectivity index is 1.98. The Morgan fingerprint density at radius 1 is 0.909 bits per heavy atom. The van der Waals surface area contributed by atoms with Gasteiger partial charge in [-0.3, -0.25) is 0 Å². The second-order valence-corrected chi connectivity index (χ2v) is 5.29. The van der Waals surface area contributed by atoms with Crippen LogP contribution in [0.1, 0.15) is 16.7 Å². The summed E-state index contributed by atoms with van der Waals surface area (Å²) < 4.78 is 5.62. The molecule has 0 radical (unpaired) electrons. The summed E-state index contributed by atoms with van der Waals surface area (Å²) in [7, 11) is 0. The molecule has 1 fully saturated rings. The number of hydroxylamine groups is 2. The summed E-state index contributed by atoms with van der Waals surface area (Å²) in [5.74, 6) is -1.96. The maximum absolute atomic E-state index is 11.9. The van der Waals surface area contributed by atoms with E-state index in [0.717, 1.165) is 23.1 Å². The first-order chi connectivity index (χ1) is 10.7. The molecular weight excluding hydrogens is 282 g/mol. The van der Waals surface area contributed by atoms with E-state index in [1.807, 2.05) is 54.6 Å². The molecule has 2 aliphatic rings. The van der Waals surface area contributed by atoms with Crippen molar-refractivity contribution in [3.8, 4) is 0 Å². The van der Waals surface area contributed by atoms with E-state index in [-0.39, 0.29) is 0 Å². The van der Waals surface area contributed by atoms with Crippen LogP contribution in [0.3, 0.4) is 0 Å². The minimum Gasteiger partial charge on any atom is -0.423 e. The van der Waals surface area contributed by atoms with Crippen LogP contribution in [0.15, 0.2) is 54.6 Å². The lowest BCUT2D eigenvalue weighted by molar-refractivity contribution is -0.302. The van der Waals surface area contributed by atoms with Gasteiger partial charge in [0.25, 0.3) is 0 Å². The lowest BCUT2D eigenvalue weighted by Gasteiger charge is -2.47. The fourth-order valence-electron chi connectivity index (χ4n) is 3.13. The molecule has 2 aromatic rings. The SMILES string of the molecule is O=C1ON2CCc3ccccc3C2(c2ccccc2)OC1=O. The molecule has 2 heterocycles. The van der Waals surface area contributed by atoms with Gasteiger partial charge >= 0.3 is 11.9 Å². The second kappa shape index (κ2) is 4.68. The monoisotopic (exact) mass is 295 g/mol. The summed E-state index contributed by atoms with van der Waals surface area (Å²) >= 11 is 0. The molecule has 1 saturated heterocycles. The topological polar surface area (TPSA) is 55.8 Å². The highest BCUT2D eigenvalue weighted by Gasteiger charge is 2.54. The molecule has 0 aliphatic carbocycles. The van der Waals surface area contributed by atoms with Crippen LogP contribution >= 0.6 is 0 Å². The first-order valence-corrected chi connectivity index (χ1v) is 7.08. The van der Waals surface area contributed by atoms with E-state index < -0.39 is 17.7 Å². The average molecular weight is 295 g/mol. The maximum atomic E-state index is 11.9. The van der Waals surface area contributed by atoms with Crippen molar-refractivity contribution >= 4 is 11.9 Å². The molecule has 5 nitrogen and oxygen atoms in total. The quantitative estimate of drug-likeness (QED) is 0.593. The average Bonchev–Trinajstić information content (AvgIpc) is 2.57. The lowest BCUT2D eigenvalue weighted by Crippen LogP contribution is -2.59. The number of rotatable bonds is 1. The molecule has 1 atom stereocenters. The Labute approximate surface area is 127 Å². The zero-order valence-electron chi connectivity index (χ0n) is 11.7. The molecule has 4 rings (SSSR count). The Kier molecular flexibility index (Phi) is 2.77. The number of carbonyl (C=O) groups excluding carboxylic acids is 2. The van der Waals surface area contributed by atoms with E-state index >= 15 is 0 Å². The third kappa shape index (κ3) is 1.69. The van der Waals surface area contributed by atoms with E-state index in [2.05, 4.69) is 0 Å². The number of benzene rings is 2. The normalized spacial score (nSPS) is 24.0. The fraction of sp³-hybridized carbons (Fsp3) is 0.176. The highest BCUT2D eigenvalue weighted by atomic mass is 16.8. The molecule has 2 aromatic carbocycles. The van der Waals surface area contributed by atoms with Crippen molar-refractivity contribution in [2.45, 2.75) is 12.1 Å². The maximum Gasteiger partial charge on any atom is 0.436 e. The van der Waals surface area contributed by atoms with Crippen LogP contribution in [0.5, 0.6) is 0 Å². The Bertz CT molecular complexity index is 758. The molecule has 5 heteroatoms. The smallest absolute Gasteiger partial charge is 0.423 e. The standard InChI is InChI=1S/C17H13NO4/c19-15-16(20)22-18-11-10-12-6-4-5-9-14(12)17(18,21-15)13-7-2-1-3-8-13/h1-9H,10-11H2. The molecule has 22 heavy (non-hydrogen) atoms. The minimum absolute atomic E-state index is 0.463. The predicted octanol–water partition coefficient (Wildman–Crippen LogP) is 1.76. The van der Waals surface area contributed by atoms with Gasteiger partial charge in [-0.25, -0.2) is 9.59 Å². The molecule has 0 spiro atoms. The summed E-state index contributed by atoms with van der Waals surface area (Å²) in [6.45, 7) is 0.463. The highest BCUT2D eigenvalue weighted by Crippen LogP contribution is 2.44. The van der Waals surface area contributed by atoms with Gasteiger partial charge in [0.2, 0.25) is 5.72 Å². The molecule has 0 bridgehead atoms. The molecule has 110 valence electrons. The van der Waals surface area contributed by atoms with Gasteiger partial charge in [-0.1, -0.05) is 59.7 Å². The van der Waals surface area contributed by atoms with Gasteiger partial charge in [0.05, 0.1) is 0 Å². The van der Waals surface area contributed by atoms with Crippen LogP contribution in [-0.2, 0) is 31.3 Å². The van der Waals surface area contributed by atoms with Gasteiger partial charge in [-0.05, 0) is 12.0 Å². The number of nitrogens with zero attached hydrogens (tertiary/aromatic N) is 1. The number of ether oxygens (including phenoxy) is 1. The molecule has 0 amide bonds. The summed E-state index contributed by atoms with van der Waals surface area (Å²) in [6.07, 6.45) is 0.718. The van der Waals surface area contributed by atoms with E-state index in [0.29, 0.717) is 6.54 Å². The van der Waals surface area contributed by atoms with Crippen molar-refractivity contribution in [3.05, 3.63) is 71.3 Å². The van der Waals surface area contributed by atoms with Crippen molar-refractivity contribution < 1.29 is 19.2 Å². The van der Waals surface area contributed by atoms with Crippen LogP contribution in [0.25, 0.3) is 0 Å². The van der Waals surface area contributed by atoms with E-state index in [1.54, 1.807) is 0 Å². The number of hydrogen-bond donors (Lipinski definition) is 0. The summed E-state index contributed by atoms with van der Waals surface area (Å²) in [5, 5.41) is 1.47. The molecule has 0 aromatic heterocycles. The Morgan fingerprint density at radius 2 is 1.64 bits per heavy atom. The molecule has 0 N–H and O–H groups in total. The van der Waals surface area contributed by atoms with Crippen molar-refractivity contribution in [2.24, 2.45) is 0 Å². The van der Waals surface area contributed by atoms with Crippen molar-refractivity contribution in [1.82, 2.24) is 5.06 Å². The zero-order valence-corrected chi connectivity index (χ0v) is 11.7. The minimum atomic E-state index is -1.21. The summed E-state index contributed by atoms with van der Waals surface area (Å²) in [6, 6.07) is 17.1. The number of esters is 1. The Morgan fingerprint density at radius 3 is 2.45 bits per heavy atom. The van der Waals surface area contributed by atoms with Gasteiger partial charge in [-0.15, -0.1) is 0 Å². The zero-order chi connectivity index (χ0) is 15.2. The third-order valence-corrected chi connectivity index (χ3v) is 4.08. The fourth-order valence-corrected chi connectivity index (χ4v) is 3.13. The Hall–Kier alpha value is -2.66. The molecule has 2 aliphatic heterocycles. The van der Waals surface area contributed by atoms with Crippen molar-refractivity contribution in [1.29, 1.82) is 0 Å². The van der Waals surface area contributed by atoms with Gasteiger partial charge in [0.1, 0.15) is 0 Å². The van der Waals surface area contributed by atoms with E-state index in [1.165, 1.54) is 5.06 Å². The first-order valence-electron chi connectivity index (χ1n) is 7.08. The molecule has 1 unspecified atom stereocenters. The first kappa shape index (κ1) is 13.0. The highest BCUT2D eigenvalue weighted by molar-refractivity contribution is 6.30. The molecular formula is C17H13NO4. The predicted molar refractivity (Wildman–Crippen MR) is 76.3 cm³/mol. The number of carbonyl (C=O) groups is 2. The van der Waals surface area contributed by atoms with Gasteiger partial charge in [0.15, 0.2) is 0 Å². The number of hydrogen-bond acceptors (Lipinski definition) is 5. The van der Waals surface area contributed by atoms with Crippen molar-refractivity contribution in [3.63, 3.8) is 0 Å². The van der Waals surface area contributed by atoms with Crippen molar-refractivity contribution in [2.75, 3.05) is 6.54 Å². The third-order valence-electron chi connectivity index (χ3n) is 4.08. The lowest BCUT2D eigenvalue weighted by atomic mass is 9.85. The van der Waals surface area contributed by atoms with E-state index in [9.17, 15) is 9.59 Å². The van der Waals surface area contributed by atoms with Crippen LogP contribution in [0.4, 0.5) is 0 Å². The van der Waals surface area contributed by atoms with Crippen LogP contribution in [0, 0.1) is 0 Å². The van der Waals surface area contributed by atoms with E-state index in [4.69, 9.17) is 9.57 Å². The van der Waals surface area contributed by atoms with Crippen LogP contribution in [-0.4, -0.2) is 23.5 Å². The van der Waals surface area contributed by atoms with Gasteiger partial charge in [-0.2, -0.15) is 0 Å². The van der Waals surface area contributed by atoms with Crippen LogP contribution < -0.4 is 0 Å². The van der Waals surface area contributed by atoms with Gasteiger partial charge in [0, 0.05) is 17.7 Å². The largest absolute Gasteiger partial charge is 0.436 e. The summed E-state index contributed by atoms with van der Waals surface area (Å²) in [5.41, 5.74) is 1.45. The summed E-state index contributed by atoms with van der Waals surface area (Å²) in [4.78, 5) is 28.7.